The molecule has 0 aliphatic rings. The standard InChI is InChI=1S/C19H26N3O6/c1-12(16(25)20-9-10-23)21-17(26)15(22-18(27)28-19(2,3)4)11-13-5-7-14(24)8-6-13/h5-8,10,12,15,24H,9,11H2,1-4H3,(H,21,26)(H,22,27)/t12-,15+/m1/s1. The molecule has 2 atom stereocenters. The third-order valence-corrected chi connectivity index (χ3v) is 3.43. The van der Waals surface area contributed by atoms with Crippen LogP contribution in [-0.2, 0) is 25.5 Å². The van der Waals surface area contributed by atoms with Crippen LogP contribution in [0.15, 0.2) is 24.3 Å². The van der Waals surface area contributed by atoms with E-state index in [1.165, 1.54) is 19.1 Å². The molecule has 9 heteroatoms. The fourth-order valence-electron chi connectivity index (χ4n) is 2.17. The van der Waals surface area contributed by atoms with E-state index in [0.29, 0.717) is 11.8 Å². The number of carbonyl (C=O) groups excluding carboxylic acids is 4. The first-order valence-corrected chi connectivity index (χ1v) is 8.74. The van der Waals surface area contributed by atoms with Crippen LogP contribution in [0.4, 0.5) is 4.79 Å². The van der Waals surface area contributed by atoms with Crippen molar-refractivity contribution in [1.82, 2.24) is 16.0 Å². The van der Waals surface area contributed by atoms with Crippen LogP contribution in [0.5, 0.6) is 5.75 Å². The highest BCUT2D eigenvalue weighted by atomic mass is 16.6. The van der Waals surface area contributed by atoms with E-state index in [9.17, 15) is 24.3 Å². The highest BCUT2D eigenvalue weighted by molar-refractivity contribution is 5.91. The van der Waals surface area contributed by atoms with E-state index in [0.717, 1.165) is 0 Å². The van der Waals surface area contributed by atoms with Crippen LogP contribution < -0.4 is 16.0 Å². The van der Waals surface area contributed by atoms with Crippen molar-refractivity contribution in [2.45, 2.75) is 51.8 Å². The predicted molar refractivity (Wildman–Crippen MR) is 101 cm³/mol. The summed E-state index contributed by atoms with van der Waals surface area (Å²) in [5.41, 5.74) is -0.0701. The van der Waals surface area contributed by atoms with Gasteiger partial charge in [0.1, 0.15) is 29.7 Å². The van der Waals surface area contributed by atoms with Gasteiger partial charge in [-0.2, -0.15) is 0 Å². The van der Waals surface area contributed by atoms with Crippen LogP contribution in [0.2, 0.25) is 0 Å². The number of rotatable bonds is 8. The minimum Gasteiger partial charge on any atom is -0.508 e. The second-order valence-electron chi connectivity index (χ2n) is 7.15. The molecule has 0 fully saturated rings. The van der Waals surface area contributed by atoms with Gasteiger partial charge in [0.25, 0.3) is 5.91 Å². The highest BCUT2D eigenvalue weighted by Gasteiger charge is 2.27. The molecule has 0 aliphatic carbocycles. The molecule has 0 bridgehead atoms. The van der Waals surface area contributed by atoms with E-state index in [1.807, 2.05) is 0 Å². The van der Waals surface area contributed by atoms with Crippen molar-refractivity contribution in [2.75, 3.05) is 6.54 Å². The summed E-state index contributed by atoms with van der Waals surface area (Å²) in [6, 6.07) is 4.15. The lowest BCUT2D eigenvalue weighted by Gasteiger charge is -2.24. The topological polar surface area (TPSA) is 136 Å². The van der Waals surface area contributed by atoms with Crippen molar-refractivity contribution in [1.29, 1.82) is 0 Å². The summed E-state index contributed by atoms with van der Waals surface area (Å²) in [4.78, 5) is 46.8. The second-order valence-corrected chi connectivity index (χ2v) is 7.15. The molecule has 0 unspecified atom stereocenters. The van der Waals surface area contributed by atoms with Gasteiger partial charge in [-0.3, -0.25) is 9.59 Å². The molecule has 1 aromatic rings. The molecule has 0 saturated carbocycles. The Morgan fingerprint density at radius 1 is 1.18 bits per heavy atom. The number of benzene rings is 1. The van der Waals surface area contributed by atoms with E-state index in [2.05, 4.69) is 16.0 Å². The molecule has 3 amide bonds. The fraction of sp³-hybridized carbons (Fsp3) is 0.474. The fourth-order valence-corrected chi connectivity index (χ4v) is 2.17. The van der Waals surface area contributed by atoms with Crippen LogP contribution >= 0.6 is 0 Å². The summed E-state index contributed by atoms with van der Waals surface area (Å²) < 4.78 is 5.19. The summed E-state index contributed by atoms with van der Waals surface area (Å²) in [7, 11) is 0. The van der Waals surface area contributed by atoms with Crippen molar-refractivity contribution >= 4 is 24.2 Å². The summed E-state index contributed by atoms with van der Waals surface area (Å²) >= 11 is 0. The van der Waals surface area contributed by atoms with E-state index in [4.69, 9.17) is 4.74 Å². The molecular weight excluding hydrogens is 366 g/mol. The summed E-state index contributed by atoms with van der Waals surface area (Å²) in [5.74, 6) is -1.19. The molecule has 1 aromatic carbocycles. The Balaban J connectivity index is 2.87. The maximum Gasteiger partial charge on any atom is 0.408 e. The largest absolute Gasteiger partial charge is 0.508 e. The number of phenols is 1. The van der Waals surface area contributed by atoms with Crippen LogP contribution in [0.1, 0.15) is 33.3 Å². The number of phenolic OH excluding ortho intramolecular Hbond substituents is 1. The van der Waals surface area contributed by atoms with Crippen LogP contribution in [-0.4, -0.2) is 53.5 Å². The number of alkyl carbamates (subject to hydrolysis) is 1. The highest BCUT2D eigenvalue weighted by Crippen LogP contribution is 2.12. The lowest BCUT2D eigenvalue weighted by atomic mass is 10.0. The second kappa shape index (κ2) is 10.3. The van der Waals surface area contributed by atoms with Gasteiger partial charge in [0, 0.05) is 6.42 Å². The van der Waals surface area contributed by atoms with E-state index < -0.39 is 35.6 Å². The zero-order chi connectivity index (χ0) is 21.3. The molecule has 0 aromatic heterocycles. The van der Waals surface area contributed by atoms with Crippen molar-refractivity contribution in [2.24, 2.45) is 0 Å². The Kier molecular flexibility index (Phi) is 8.43. The monoisotopic (exact) mass is 392 g/mol. The lowest BCUT2D eigenvalue weighted by molar-refractivity contribution is -0.130. The average molecular weight is 392 g/mol. The van der Waals surface area contributed by atoms with Gasteiger partial charge in [0.15, 0.2) is 0 Å². The van der Waals surface area contributed by atoms with Crippen LogP contribution in [0, 0.1) is 0 Å². The molecule has 1 rings (SSSR count). The minimum atomic E-state index is -1.03. The van der Waals surface area contributed by atoms with Crippen molar-refractivity contribution in [3.63, 3.8) is 0 Å². The Labute approximate surface area is 163 Å². The van der Waals surface area contributed by atoms with Gasteiger partial charge in [0.2, 0.25) is 5.91 Å². The zero-order valence-electron chi connectivity index (χ0n) is 16.4. The van der Waals surface area contributed by atoms with Gasteiger partial charge in [-0.05, 0) is 45.4 Å². The third-order valence-electron chi connectivity index (χ3n) is 3.43. The normalized spacial score (nSPS) is 13.0. The molecular formula is C19H26N3O6. The maximum atomic E-state index is 12.6. The molecule has 0 heterocycles. The van der Waals surface area contributed by atoms with Gasteiger partial charge in [0.05, 0.1) is 6.54 Å². The maximum absolute atomic E-state index is 12.6. The first kappa shape index (κ1) is 22.9. The molecule has 9 nitrogen and oxygen atoms in total. The Bertz CT molecular complexity index is 697. The van der Waals surface area contributed by atoms with Gasteiger partial charge >= 0.3 is 6.09 Å². The van der Waals surface area contributed by atoms with Gasteiger partial charge in [-0.1, -0.05) is 12.1 Å². The first-order chi connectivity index (χ1) is 13.0. The van der Waals surface area contributed by atoms with Crippen molar-refractivity contribution in [3.05, 3.63) is 29.8 Å². The number of carbonyl (C=O) groups is 4. The average Bonchev–Trinajstić information content (AvgIpc) is 2.59. The summed E-state index contributed by atoms with van der Waals surface area (Å²) in [6.07, 6.45) is -0.196. The molecule has 0 spiro atoms. The number of hydrogen-bond donors (Lipinski definition) is 3. The van der Waals surface area contributed by atoms with Crippen LogP contribution in [0.25, 0.3) is 0 Å². The minimum absolute atomic E-state index is 0.0702. The van der Waals surface area contributed by atoms with Gasteiger partial charge in [-0.15, -0.1) is 0 Å². The molecule has 3 N–H and O–H groups in total. The van der Waals surface area contributed by atoms with Crippen LogP contribution in [0.3, 0.4) is 0 Å². The van der Waals surface area contributed by atoms with E-state index in [-0.39, 0.29) is 18.7 Å². The molecule has 1 radical (unpaired) electrons. The number of amides is 3. The van der Waals surface area contributed by atoms with Gasteiger partial charge < -0.3 is 25.3 Å². The number of hydrogen-bond acceptors (Lipinski definition) is 6. The molecule has 28 heavy (non-hydrogen) atoms. The molecule has 0 saturated heterocycles. The number of aldehydes is 1. The Morgan fingerprint density at radius 3 is 2.32 bits per heavy atom. The first-order valence-electron chi connectivity index (χ1n) is 8.74. The van der Waals surface area contributed by atoms with Gasteiger partial charge in [-0.25, -0.2) is 10.1 Å². The number of nitrogens with zero attached hydrogens (tertiary/aromatic N) is 1. The quantitative estimate of drug-likeness (QED) is 0.556. The Hall–Kier alpha value is -3.10. The lowest BCUT2D eigenvalue weighted by Crippen LogP contribution is -2.53. The summed E-state index contributed by atoms with van der Waals surface area (Å²) in [5, 5.41) is 17.8. The van der Waals surface area contributed by atoms with E-state index >= 15 is 0 Å². The number of nitrogens with one attached hydrogen (secondary N) is 2. The summed E-state index contributed by atoms with van der Waals surface area (Å²) in [6.45, 7) is 6.22. The smallest absolute Gasteiger partial charge is 0.408 e. The van der Waals surface area contributed by atoms with Crippen molar-refractivity contribution < 1.29 is 29.0 Å². The molecule has 153 valence electrons. The molecule has 0 aliphatic heterocycles. The SMILES string of the molecule is C[C@@H](NC(=O)[C@H](Cc1ccc(O)cc1)NC(=O)OC(C)(C)C)C(=O)[N]CC=O. The number of aromatic hydroxyl groups is 1. The predicted octanol–water partition coefficient (Wildman–Crippen LogP) is 0.663. The number of ether oxygens (including phenoxy) is 1. The Morgan fingerprint density at radius 2 is 1.79 bits per heavy atom. The van der Waals surface area contributed by atoms with E-state index in [1.54, 1.807) is 32.9 Å². The zero-order valence-corrected chi connectivity index (χ0v) is 16.4. The van der Waals surface area contributed by atoms with Crippen molar-refractivity contribution in [3.8, 4) is 5.75 Å². The third kappa shape index (κ3) is 8.52.